The number of amides is 1. The number of benzene rings is 2. The SMILES string of the molecule is C#CCN(c1cnc2ccccc2n1)c1cc(F)c(C(=O)NC(CCC(=O)O)C(=O)O)c(OC)c1F. The Morgan fingerprint density at radius 1 is 1.22 bits per heavy atom. The van der Waals surface area contributed by atoms with Gasteiger partial charge in [0, 0.05) is 12.5 Å². The zero-order valence-electron chi connectivity index (χ0n) is 18.9. The van der Waals surface area contributed by atoms with Gasteiger partial charge in [0.2, 0.25) is 0 Å². The van der Waals surface area contributed by atoms with Gasteiger partial charge >= 0.3 is 11.9 Å². The molecule has 0 bridgehead atoms. The minimum absolute atomic E-state index is 0.101. The third-order valence-electron chi connectivity index (χ3n) is 5.09. The number of terminal acetylenes is 1. The highest BCUT2D eigenvalue weighted by Crippen LogP contribution is 2.36. The van der Waals surface area contributed by atoms with E-state index in [1.807, 2.05) is 5.32 Å². The first-order valence-corrected chi connectivity index (χ1v) is 10.4. The molecule has 0 radical (unpaired) electrons. The number of methoxy groups -OCH3 is 1. The molecule has 186 valence electrons. The first kappa shape index (κ1) is 25.8. The Labute approximate surface area is 203 Å². The molecule has 3 rings (SSSR count). The molecule has 12 heteroatoms. The van der Waals surface area contributed by atoms with Crippen LogP contribution in [0.4, 0.5) is 20.3 Å². The van der Waals surface area contributed by atoms with E-state index < -0.39 is 65.4 Å². The maximum absolute atomic E-state index is 15.6. The van der Waals surface area contributed by atoms with Crippen LogP contribution in [0.25, 0.3) is 11.0 Å². The van der Waals surface area contributed by atoms with Gasteiger partial charge in [-0.15, -0.1) is 6.42 Å². The van der Waals surface area contributed by atoms with Gasteiger partial charge in [0.15, 0.2) is 17.4 Å². The molecule has 1 unspecified atom stereocenters. The number of carbonyl (C=O) groups excluding carboxylic acids is 1. The Balaban J connectivity index is 2.04. The number of halogens is 2. The van der Waals surface area contributed by atoms with E-state index in [0.717, 1.165) is 12.0 Å². The van der Waals surface area contributed by atoms with Crippen molar-refractivity contribution in [3.8, 4) is 18.1 Å². The summed E-state index contributed by atoms with van der Waals surface area (Å²) >= 11 is 0. The van der Waals surface area contributed by atoms with Gasteiger partial charge in [-0.05, 0) is 18.6 Å². The molecule has 36 heavy (non-hydrogen) atoms. The van der Waals surface area contributed by atoms with Crippen LogP contribution in [0.2, 0.25) is 0 Å². The fraction of sp³-hybridized carbons (Fsp3) is 0.208. The normalized spacial score (nSPS) is 11.4. The second-order valence-electron chi connectivity index (χ2n) is 7.40. The second-order valence-corrected chi connectivity index (χ2v) is 7.40. The number of fused-ring (bicyclic) bond motifs is 1. The van der Waals surface area contributed by atoms with Gasteiger partial charge in [-0.2, -0.15) is 0 Å². The van der Waals surface area contributed by atoms with Gasteiger partial charge in [-0.25, -0.2) is 18.6 Å². The minimum Gasteiger partial charge on any atom is -0.493 e. The number of rotatable bonds is 10. The van der Waals surface area contributed by atoms with Crippen molar-refractivity contribution < 1.29 is 38.1 Å². The summed E-state index contributed by atoms with van der Waals surface area (Å²) < 4.78 is 35.7. The summed E-state index contributed by atoms with van der Waals surface area (Å²) in [5, 5.41) is 20.0. The molecule has 1 heterocycles. The number of aromatic nitrogens is 2. The third-order valence-corrected chi connectivity index (χ3v) is 5.09. The van der Waals surface area contributed by atoms with Crippen LogP contribution in [-0.2, 0) is 9.59 Å². The van der Waals surface area contributed by atoms with Crippen molar-refractivity contribution in [2.45, 2.75) is 18.9 Å². The maximum Gasteiger partial charge on any atom is 0.326 e. The molecule has 3 aromatic rings. The Morgan fingerprint density at radius 3 is 2.53 bits per heavy atom. The number of carboxylic acid groups (broad SMARTS) is 2. The molecule has 0 aliphatic heterocycles. The number of nitrogens with one attached hydrogen (secondary N) is 1. The highest BCUT2D eigenvalue weighted by Gasteiger charge is 2.30. The van der Waals surface area contributed by atoms with Crippen LogP contribution in [0, 0.1) is 24.0 Å². The van der Waals surface area contributed by atoms with Gasteiger partial charge in [-0.1, -0.05) is 18.1 Å². The van der Waals surface area contributed by atoms with E-state index in [1.165, 1.54) is 6.20 Å². The molecule has 3 N–H and O–H groups in total. The number of nitrogens with zero attached hydrogens (tertiary/aromatic N) is 3. The van der Waals surface area contributed by atoms with Gasteiger partial charge in [0.05, 0.1) is 36.6 Å². The summed E-state index contributed by atoms with van der Waals surface area (Å²) in [6, 6.07) is 5.92. The number of para-hydroxylation sites is 2. The maximum atomic E-state index is 15.6. The molecule has 2 aromatic carbocycles. The smallest absolute Gasteiger partial charge is 0.326 e. The highest BCUT2D eigenvalue weighted by atomic mass is 19.1. The topological polar surface area (TPSA) is 142 Å². The summed E-state index contributed by atoms with van der Waals surface area (Å²) in [6.45, 7) is -0.242. The number of hydrogen-bond acceptors (Lipinski definition) is 7. The van der Waals surface area contributed by atoms with E-state index in [4.69, 9.17) is 16.3 Å². The summed E-state index contributed by atoms with van der Waals surface area (Å²) in [5.74, 6) is -4.91. The molecule has 1 amide bonds. The van der Waals surface area contributed by atoms with Crippen LogP contribution in [-0.4, -0.2) is 57.7 Å². The molecule has 0 spiro atoms. The van der Waals surface area contributed by atoms with Crippen molar-refractivity contribution in [3.63, 3.8) is 0 Å². The van der Waals surface area contributed by atoms with Crippen molar-refractivity contribution in [2.75, 3.05) is 18.6 Å². The van der Waals surface area contributed by atoms with Crippen LogP contribution in [0.3, 0.4) is 0 Å². The van der Waals surface area contributed by atoms with Gasteiger partial charge in [0.25, 0.3) is 5.91 Å². The van der Waals surface area contributed by atoms with E-state index in [1.54, 1.807) is 24.3 Å². The molecule has 0 saturated heterocycles. The quantitative estimate of drug-likeness (QED) is 0.360. The Morgan fingerprint density at radius 2 is 1.92 bits per heavy atom. The zero-order valence-corrected chi connectivity index (χ0v) is 18.9. The molecule has 0 fully saturated rings. The van der Waals surface area contributed by atoms with Crippen molar-refractivity contribution >= 4 is 40.4 Å². The second kappa shape index (κ2) is 11.1. The number of hydrogen-bond donors (Lipinski definition) is 3. The number of anilines is 2. The van der Waals surface area contributed by atoms with Gasteiger partial charge in [-0.3, -0.25) is 14.6 Å². The Kier molecular flexibility index (Phi) is 7.96. The van der Waals surface area contributed by atoms with Crippen molar-refractivity contribution in [2.24, 2.45) is 0 Å². The lowest BCUT2D eigenvalue weighted by Gasteiger charge is -2.24. The van der Waals surface area contributed by atoms with Crippen LogP contribution >= 0.6 is 0 Å². The first-order chi connectivity index (χ1) is 17.2. The Bertz CT molecular complexity index is 1370. The zero-order chi connectivity index (χ0) is 26.4. The molecule has 0 aliphatic carbocycles. The molecule has 1 aromatic heterocycles. The van der Waals surface area contributed by atoms with Crippen LogP contribution in [0.15, 0.2) is 36.5 Å². The largest absolute Gasteiger partial charge is 0.493 e. The van der Waals surface area contributed by atoms with Crippen LogP contribution in [0.5, 0.6) is 5.75 Å². The molecule has 1 atom stereocenters. The van der Waals surface area contributed by atoms with Crippen LogP contribution in [0.1, 0.15) is 23.2 Å². The average molecular weight is 498 g/mol. The van der Waals surface area contributed by atoms with E-state index in [0.29, 0.717) is 17.1 Å². The van der Waals surface area contributed by atoms with Gasteiger partial charge in [0.1, 0.15) is 17.4 Å². The van der Waals surface area contributed by atoms with E-state index in [-0.39, 0.29) is 12.4 Å². The summed E-state index contributed by atoms with van der Waals surface area (Å²) in [4.78, 5) is 44.7. The molecular formula is C24H20F2N4O6. The van der Waals surface area contributed by atoms with E-state index >= 15 is 8.78 Å². The molecular weight excluding hydrogens is 478 g/mol. The van der Waals surface area contributed by atoms with E-state index in [2.05, 4.69) is 15.9 Å². The highest BCUT2D eigenvalue weighted by molar-refractivity contribution is 6.00. The molecule has 10 nitrogen and oxygen atoms in total. The summed E-state index contributed by atoms with van der Waals surface area (Å²) in [5.41, 5.74) is -0.259. The molecule has 0 saturated carbocycles. The number of carboxylic acids is 2. The number of carbonyl (C=O) groups is 3. The summed E-state index contributed by atoms with van der Waals surface area (Å²) in [6.07, 6.45) is 5.71. The predicted molar refractivity (Wildman–Crippen MR) is 124 cm³/mol. The van der Waals surface area contributed by atoms with Crippen molar-refractivity contribution in [1.29, 1.82) is 0 Å². The Hall–Kier alpha value is -4.79. The molecule has 0 aliphatic rings. The predicted octanol–water partition coefficient (Wildman–Crippen LogP) is 2.74. The summed E-state index contributed by atoms with van der Waals surface area (Å²) in [7, 11) is 0.999. The van der Waals surface area contributed by atoms with Crippen LogP contribution < -0.4 is 15.0 Å². The standard InChI is InChI=1S/C24H20F2N4O6/c1-3-10-30(18-12-27-14-6-4-5-7-15(14)28-18)17-11-13(25)20(22(36-2)21(17)26)23(33)29-16(24(34)35)8-9-19(31)32/h1,4-7,11-12,16H,8-10H2,2H3,(H,29,33)(H,31,32)(H,34,35). The number of ether oxygens (including phenoxy) is 1. The monoisotopic (exact) mass is 498 g/mol. The lowest BCUT2D eigenvalue weighted by Crippen LogP contribution is -2.41. The number of aliphatic carboxylic acids is 2. The minimum atomic E-state index is -1.66. The van der Waals surface area contributed by atoms with Crippen molar-refractivity contribution in [3.05, 3.63) is 53.7 Å². The fourth-order valence-electron chi connectivity index (χ4n) is 3.40. The average Bonchev–Trinajstić information content (AvgIpc) is 2.85. The third kappa shape index (κ3) is 5.47. The van der Waals surface area contributed by atoms with Gasteiger partial charge < -0.3 is 25.2 Å². The lowest BCUT2D eigenvalue weighted by atomic mass is 10.1. The fourth-order valence-corrected chi connectivity index (χ4v) is 3.40. The lowest BCUT2D eigenvalue weighted by molar-refractivity contribution is -0.140. The first-order valence-electron chi connectivity index (χ1n) is 10.4. The van der Waals surface area contributed by atoms with Crippen molar-refractivity contribution in [1.82, 2.24) is 15.3 Å². The van der Waals surface area contributed by atoms with E-state index in [9.17, 15) is 19.5 Å².